The summed E-state index contributed by atoms with van der Waals surface area (Å²) in [4.78, 5) is 24.4. The van der Waals surface area contributed by atoms with Crippen LogP contribution in [0.5, 0.6) is 5.75 Å². The zero-order valence-corrected chi connectivity index (χ0v) is 15.8. The van der Waals surface area contributed by atoms with Crippen LogP contribution in [-0.4, -0.2) is 24.8 Å². The zero-order valence-electron chi connectivity index (χ0n) is 15.0. The summed E-state index contributed by atoms with van der Waals surface area (Å²) in [5, 5.41) is 3.43. The number of ketones is 1. The van der Waals surface area contributed by atoms with Gasteiger partial charge in [-0.1, -0.05) is 35.9 Å². The van der Waals surface area contributed by atoms with Gasteiger partial charge >= 0.3 is 6.61 Å². The standard InChI is InChI=1S/C21H20ClF2NO3/c22-16-5-1-13(2-6-16)9-17(26)10-15-12-25-20(27)11-19(15)14-3-7-18(8-4-14)28-21(23)24/h1-8,15,19,21H,9-12H2,(H,25,27)/t15-,19?/m1/s1. The average molecular weight is 408 g/mol. The molecule has 2 aromatic carbocycles. The van der Waals surface area contributed by atoms with Crippen molar-refractivity contribution < 1.29 is 23.1 Å². The number of hydrogen-bond acceptors (Lipinski definition) is 3. The summed E-state index contributed by atoms with van der Waals surface area (Å²) in [7, 11) is 0. The van der Waals surface area contributed by atoms with Gasteiger partial charge in [-0.25, -0.2) is 0 Å². The fourth-order valence-corrected chi connectivity index (χ4v) is 3.65. The number of carbonyl (C=O) groups is 2. The van der Waals surface area contributed by atoms with Gasteiger partial charge in [0.25, 0.3) is 0 Å². The molecule has 1 heterocycles. The van der Waals surface area contributed by atoms with E-state index in [1.54, 1.807) is 24.3 Å². The van der Waals surface area contributed by atoms with E-state index in [-0.39, 0.29) is 35.7 Å². The lowest BCUT2D eigenvalue weighted by Gasteiger charge is -2.31. The number of hydrogen-bond donors (Lipinski definition) is 1. The lowest BCUT2D eigenvalue weighted by Crippen LogP contribution is -2.40. The highest BCUT2D eigenvalue weighted by Gasteiger charge is 2.31. The molecule has 1 amide bonds. The van der Waals surface area contributed by atoms with Crippen molar-refractivity contribution in [1.82, 2.24) is 5.32 Å². The van der Waals surface area contributed by atoms with Crippen LogP contribution >= 0.6 is 11.6 Å². The smallest absolute Gasteiger partial charge is 0.387 e. The van der Waals surface area contributed by atoms with Crippen molar-refractivity contribution in [3.8, 4) is 5.75 Å². The van der Waals surface area contributed by atoms with Crippen molar-refractivity contribution in [1.29, 1.82) is 0 Å². The first-order valence-corrected chi connectivity index (χ1v) is 9.36. The Morgan fingerprint density at radius 1 is 1.14 bits per heavy atom. The molecule has 1 fully saturated rings. The number of alkyl halides is 2. The van der Waals surface area contributed by atoms with Gasteiger partial charge in [-0.3, -0.25) is 9.59 Å². The number of piperidine rings is 1. The van der Waals surface area contributed by atoms with Gasteiger partial charge in [0.15, 0.2) is 0 Å². The van der Waals surface area contributed by atoms with Crippen LogP contribution < -0.4 is 10.1 Å². The maximum Gasteiger partial charge on any atom is 0.387 e. The van der Waals surface area contributed by atoms with Crippen LogP contribution in [0.4, 0.5) is 8.78 Å². The predicted octanol–water partition coefficient (Wildman–Crippen LogP) is 4.36. The molecule has 1 N–H and O–H groups in total. The van der Waals surface area contributed by atoms with E-state index in [0.29, 0.717) is 24.4 Å². The van der Waals surface area contributed by atoms with E-state index in [4.69, 9.17) is 11.6 Å². The van der Waals surface area contributed by atoms with Gasteiger partial charge in [-0.2, -0.15) is 8.78 Å². The van der Waals surface area contributed by atoms with E-state index in [1.807, 2.05) is 12.1 Å². The predicted molar refractivity (Wildman–Crippen MR) is 102 cm³/mol. The van der Waals surface area contributed by atoms with E-state index in [0.717, 1.165) is 11.1 Å². The first-order valence-electron chi connectivity index (χ1n) is 8.98. The van der Waals surface area contributed by atoms with Crippen LogP contribution in [0.3, 0.4) is 0 Å². The number of Topliss-reactive ketones (excluding diaryl/α,β-unsaturated/α-hetero) is 1. The van der Waals surface area contributed by atoms with Crippen molar-refractivity contribution in [3.05, 3.63) is 64.7 Å². The minimum absolute atomic E-state index is 0.0561. The molecule has 2 aromatic rings. The molecule has 1 unspecified atom stereocenters. The molecule has 148 valence electrons. The number of nitrogens with one attached hydrogen (secondary N) is 1. The van der Waals surface area contributed by atoms with E-state index >= 15 is 0 Å². The largest absolute Gasteiger partial charge is 0.435 e. The van der Waals surface area contributed by atoms with Crippen LogP contribution in [0, 0.1) is 5.92 Å². The van der Waals surface area contributed by atoms with Crippen molar-refractivity contribution in [2.45, 2.75) is 31.8 Å². The van der Waals surface area contributed by atoms with Crippen LogP contribution in [-0.2, 0) is 16.0 Å². The SMILES string of the molecule is O=C(Cc1ccc(Cl)cc1)C[C@@H]1CNC(=O)CC1c1ccc(OC(F)F)cc1. The van der Waals surface area contributed by atoms with Crippen molar-refractivity contribution >= 4 is 23.3 Å². The normalized spacial score (nSPS) is 19.4. The Labute approximate surface area is 166 Å². The molecule has 0 radical (unpaired) electrons. The number of benzene rings is 2. The quantitative estimate of drug-likeness (QED) is 0.741. The lowest BCUT2D eigenvalue weighted by atomic mass is 9.78. The van der Waals surface area contributed by atoms with E-state index in [9.17, 15) is 18.4 Å². The second-order valence-corrected chi connectivity index (χ2v) is 7.30. The number of amides is 1. The Bertz CT molecular complexity index is 825. The fourth-order valence-electron chi connectivity index (χ4n) is 3.52. The first kappa shape index (κ1) is 20.3. The molecule has 1 aliphatic heterocycles. The van der Waals surface area contributed by atoms with Gasteiger partial charge in [0, 0.05) is 30.8 Å². The summed E-state index contributed by atoms with van der Waals surface area (Å²) in [6, 6.07) is 13.4. The summed E-state index contributed by atoms with van der Waals surface area (Å²) in [5.74, 6) is -0.150. The minimum Gasteiger partial charge on any atom is -0.435 e. The van der Waals surface area contributed by atoms with Crippen molar-refractivity contribution in [2.24, 2.45) is 5.92 Å². The fraction of sp³-hybridized carbons (Fsp3) is 0.333. The third kappa shape index (κ3) is 5.52. The lowest BCUT2D eigenvalue weighted by molar-refractivity contribution is -0.125. The summed E-state index contributed by atoms with van der Waals surface area (Å²) < 4.78 is 29.0. The van der Waals surface area contributed by atoms with Gasteiger partial charge < -0.3 is 10.1 Å². The second kappa shape index (κ2) is 9.15. The van der Waals surface area contributed by atoms with E-state index in [2.05, 4.69) is 10.1 Å². The molecule has 0 spiro atoms. The number of ether oxygens (including phenoxy) is 1. The third-order valence-electron chi connectivity index (χ3n) is 4.87. The Balaban J connectivity index is 1.68. The Hall–Kier alpha value is -2.47. The minimum atomic E-state index is -2.88. The molecular weight excluding hydrogens is 388 g/mol. The van der Waals surface area contributed by atoms with Crippen LogP contribution in [0.25, 0.3) is 0 Å². The van der Waals surface area contributed by atoms with Crippen molar-refractivity contribution in [2.75, 3.05) is 6.54 Å². The molecule has 2 atom stereocenters. The molecular formula is C21H20ClF2NO3. The van der Waals surface area contributed by atoms with Crippen molar-refractivity contribution in [3.63, 3.8) is 0 Å². The third-order valence-corrected chi connectivity index (χ3v) is 5.13. The Morgan fingerprint density at radius 2 is 1.82 bits per heavy atom. The van der Waals surface area contributed by atoms with Gasteiger partial charge in [-0.15, -0.1) is 0 Å². The highest BCUT2D eigenvalue weighted by Crippen LogP contribution is 2.34. The van der Waals surface area contributed by atoms with Gasteiger partial charge in [0.2, 0.25) is 5.91 Å². The van der Waals surface area contributed by atoms with E-state index in [1.165, 1.54) is 12.1 Å². The van der Waals surface area contributed by atoms with Gasteiger partial charge in [-0.05, 0) is 47.2 Å². The number of carbonyl (C=O) groups excluding carboxylic acids is 2. The number of rotatable bonds is 7. The topological polar surface area (TPSA) is 55.4 Å². The maximum atomic E-state index is 12.6. The first-order chi connectivity index (χ1) is 13.4. The highest BCUT2D eigenvalue weighted by molar-refractivity contribution is 6.30. The van der Waals surface area contributed by atoms with Gasteiger partial charge in [0.05, 0.1) is 0 Å². The highest BCUT2D eigenvalue weighted by atomic mass is 35.5. The van der Waals surface area contributed by atoms with Gasteiger partial charge in [0.1, 0.15) is 11.5 Å². The molecule has 1 saturated heterocycles. The molecule has 0 saturated carbocycles. The zero-order chi connectivity index (χ0) is 20.1. The number of halogens is 3. The molecule has 0 bridgehead atoms. The van der Waals surface area contributed by atoms with E-state index < -0.39 is 6.61 Å². The van der Waals surface area contributed by atoms with Crippen LogP contribution in [0.1, 0.15) is 29.9 Å². The Morgan fingerprint density at radius 3 is 2.46 bits per heavy atom. The molecule has 0 aromatic heterocycles. The Kier molecular flexibility index (Phi) is 6.62. The summed E-state index contributed by atoms with van der Waals surface area (Å²) in [6.07, 6.45) is 0.881. The molecule has 3 rings (SSSR count). The average Bonchev–Trinajstić information content (AvgIpc) is 2.65. The molecule has 1 aliphatic rings. The molecule has 0 aliphatic carbocycles. The molecule has 7 heteroatoms. The monoisotopic (exact) mass is 407 g/mol. The molecule has 4 nitrogen and oxygen atoms in total. The summed E-state index contributed by atoms with van der Waals surface area (Å²) in [5.41, 5.74) is 1.72. The maximum absolute atomic E-state index is 12.6. The van der Waals surface area contributed by atoms with Crippen LogP contribution in [0.15, 0.2) is 48.5 Å². The molecule has 28 heavy (non-hydrogen) atoms. The summed E-state index contributed by atoms with van der Waals surface area (Å²) >= 11 is 5.87. The second-order valence-electron chi connectivity index (χ2n) is 6.87. The summed E-state index contributed by atoms with van der Waals surface area (Å²) in [6.45, 7) is -2.48. The van der Waals surface area contributed by atoms with Crippen LogP contribution in [0.2, 0.25) is 5.02 Å².